The highest BCUT2D eigenvalue weighted by molar-refractivity contribution is 5.88. The van der Waals surface area contributed by atoms with Gasteiger partial charge in [0.05, 0.1) is 6.04 Å². The summed E-state index contributed by atoms with van der Waals surface area (Å²) in [7, 11) is 0. The third-order valence-electron chi connectivity index (χ3n) is 3.89. The molecule has 0 heterocycles. The molecule has 1 unspecified atom stereocenters. The first-order valence-electron chi connectivity index (χ1n) is 7.45. The van der Waals surface area contributed by atoms with Crippen LogP contribution in [0.3, 0.4) is 0 Å². The number of phenolic OH excluding ortho intramolecular Hbond substituents is 1. The van der Waals surface area contributed by atoms with Gasteiger partial charge >= 0.3 is 0 Å². The summed E-state index contributed by atoms with van der Waals surface area (Å²) in [6, 6.07) is 19.9. The van der Waals surface area contributed by atoms with Crippen molar-refractivity contribution in [2.24, 2.45) is 4.99 Å². The number of nitrogens with zero attached hydrogens (tertiary/aromatic N) is 1. The Hall–Kier alpha value is -2.61. The summed E-state index contributed by atoms with van der Waals surface area (Å²) in [4.78, 5) is 4.62. The maximum absolute atomic E-state index is 10.2. The molecule has 1 N–H and O–H groups in total. The molecule has 0 amide bonds. The summed E-state index contributed by atoms with van der Waals surface area (Å²) in [5.41, 5.74) is 3.18. The van der Waals surface area contributed by atoms with Crippen LogP contribution < -0.4 is 0 Å². The summed E-state index contributed by atoms with van der Waals surface area (Å²) >= 11 is 0. The van der Waals surface area contributed by atoms with Crippen molar-refractivity contribution in [3.8, 4) is 5.75 Å². The fourth-order valence-corrected chi connectivity index (χ4v) is 2.65. The first-order valence-corrected chi connectivity index (χ1v) is 7.45. The Morgan fingerprint density at radius 1 is 0.955 bits per heavy atom. The molecule has 0 saturated heterocycles. The lowest BCUT2D eigenvalue weighted by atomic mass is 9.99. The molecule has 0 spiro atoms. The number of aromatic hydroxyl groups is 1. The minimum Gasteiger partial charge on any atom is -0.508 e. The number of aryl methyl sites for hydroxylation is 1. The van der Waals surface area contributed by atoms with E-state index in [0.29, 0.717) is 5.75 Å². The predicted molar refractivity (Wildman–Crippen MR) is 92.8 cm³/mol. The number of aliphatic imine (C=N–C) groups is 1. The highest BCUT2D eigenvalue weighted by atomic mass is 16.3. The Balaban J connectivity index is 1.96. The van der Waals surface area contributed by atoms with Gasteiger partial charge in [0.1, 0.15) is 5.75 Å². The van der Waals surface area contributed by atoms with Crippen LogP contribution in [0.15, 0.2) is 65.7 Å². The van der Waals surface area contributed by atoms with Crippen LogP contribution in [-0.4, -0.2) is 11.3 Å². The number of hydrogen-bond acceptors (Lipinski definition) is 2. The molecule has 0 bridgehead atoms. The molecule has 0 aliphatic heterocycles. The minimum absolute atomic E-state index is 0.104. The van der Waals surface area contributed by atoms with E-state index in [1.165, 1.54) is 5.56 Å². The fourth-order valence-electron chi connectivity index (χ4n) is 2.65. The lowest BCUT2D eigenvalue weighted by Gasteiger charge is -2.13. The first-order chi connectivity index (χ1) is 10.6. The van der Waals surface area contributed by atoms with E-state index >= 15 is 0 Å². The van der Waals surface area contributed by atoms with Gasteiger partial charge in [0, 0.05) is 11.8 Å². The van der Waals surface area contributed by atoms with Crippen LogP contribution >= 0.6 is 0 Å². The van der Waals surface area contributed by atoms with Gasteiger partial charge in [0.15, 0.2) is 0 Å². The average molecular weight is 289 g/mol. The molecular formula is C20H19NO. The molecule has 3 aromatic carbocycles. The second-order valence-corrected chi connectivity index (χ2v) is 5.58. The van der Waals surface area contributed by atoms with E-state index in [4.69, 9.17) is 0 Å². The number of fused-ring (bicyclic) bond motifs is 1. The highest BCUT2D eigenvalue weighted by Gasteiger charge is 2.12. The van der Waals surface area contributed by atoms with E-state index in [0.717, 1.165) is 21.9 Å². The largest absolute Gasteiger partial charge is 0.508 e. The van der Waals surface area contributed by atoms with Crippen molar-refractivity contribution in [2.45, 2.75) is 19.9 Å². The zero-order chi connectivity index (χ0) is 15.5. The van der Waals surface area contributed by atoms with E-state index < -0.39 is 0 Å². The maximum Gasteiger partial charge on any atom is 0.121 e. The third kappa shape index (κ3) is 2.86. The van der Waals surface area contributed by atoms with Gasteiger partial charge in [-0.2, -0.15) is 0 Å². The summed E-state index contributed by atoms with van der Waals surface area (Å²) in [5, 5.41) is 12.4. The van der Waals surface area contributed by atoms with Gasteiger partial charge in [0.2, 0.25) is 0 Å². The number of rotatable bonds is 3. The van der Waals surface area contributed by atoms with Gasteiger partial charge < -0.3 is 5.11 Å². The second-order valence-electron chi connectivity index (χ2n) is 5.58. The fraction of sp³-hybridized carbons (Fsp3) is 0.150. The van der Waals surface area contributed by atoms with Crippen LogP contribution in [0.5, 0.6) is 5.75 Å². The summed E-state index contributed by atoms with van der Waals surface area (Å²) in [6.45, 7) is 4.07. The first kappa shape index (κ1) is 14.3. The normalized spacial score (nSPS) is 12.8. The molecule has 1 atom stereocenters. The van der Waals surface area contributed by atoms with Crippen molar-refractivity contribution < 1.29 is 5.11 Å². The van der Waals surface area contributed by atoms with E-state index in [2.05, 4.69) is 42.2 Å². The number of phenols is 1. The van der Waals surface area contributed by atoms with Gasteiger partial charge in [-0.1, -0.05) is 60.2 Å². The maximum atomic E-state index is 10.2. The summed E-state index contributed by atoms with van der Waals surface area (Å²) < 4.78 is 0. The smallest absolute Gasteiger partial charge is 0.121 e. The molecule has 0 saturated carbocycles. The van der Waals surface area contributed by atoms with Crippen LogP contribution in [0.25, 0.3) is 10.8 Å². The van der Waals surface area contributed by atoms with Crippen LogP contribution in [0, 0.1) is 6.92 Å². The molecule has 3 rings (SSSR count). The van der Waals surface area contributed by atoms with E-state index in [-0.39, 0.29) is 6.04 Å². The summed E-state index contributed by atoms with van der Waals surface area (Å²) in [6.07, 6.45) is 1.87. The molecule has 110 valence electrons. The molecule has 22 heavy (non-hydrogen) atoms. The zero-order valence-corrected chi connectivity index (χ0v) is 12.8. The van der Waals surface area contributed by atoms with Crippen molar-refractivity contribution >= 4 is 17.0 Å². The van der Waals surface area contributed by atoms with E-state index in [1.54, 1.807) is 6.07 Å². The van der Waals surface area contributed by atoms with Crippen LogP contribution in [-0.2, 0) is 0 Å². The SMILES string of the molecule is Cc1ccc(C=NC(C)c2c(O)ccc3ccccc23)cc1. The molecule has 2 nitrogen and oxygen atoms in total. The lowest BCUT2D eigenvalue weighted by Crippen LogP contribution is -1.94. The van der Waals surface area contributed by atoms with Crippen molar-refractivity contribution in [1.82, 2.24) is 0 Å². The van der Waals surface area contributed by atoms with Crippen molar-refractivity contribution in [3.05, 3.63) is 77.4 Å². The van der Waals surface area contributed by atoms with Crippen LogP contribution in [0.2, 0.25) is 0 Å². The third-order valence-corrected chi connectivity index (χ3v) is 3.89. The molecule has 2 heteroatoms. The van der Waals surface area contributed by atoms with Crippen molar-refractivity contribution in [3.63, 3.8) is 0 Å². The van der Waals surface area contributed by atoms with Gasteiger partial charge in [-0.25, -0.2) is 0 Å². The Morgan fingerprint density at radius 3 is 2.45 bits per heavy atom. The van der Waals surface area contributed by atoms with Gasteiger partial charge in [-0.15, -0.1) is 0 Å². The predicted octanol–water partition coefficient (Wildman–Crippen LogP) is 5.03. The van der Waals surface area contributed by atoms with Gasteiger partial charge in [0.25, 0.3) is 0 Å². The van der Waals surface area contributed by atoms with Gasteiger partial charge in [-0.3, -0.25) is 4.99 Å². The Morgan fingerprint density at radius 2 is 1.68 bits per heavy atom. The van der Waals surface area contributed by atoms with Gasteiger partial charge in [-0.05, 0) is 36.2 Å². The number of hydrogen-bond donors (Lipinski definition) is 1. The van der Waals surface area contributed by atoms with Crippen LogP contribution in [0.1, 0.15) is 29.7 Å². The topological polar surface area (TPSA) is 32.6 Å². The average Bonchev–Trinajstić information content (AvgIpc) is 2.54. The quantitative estimate of drug-likeness (QED) is 0.674. The Kier molecular flexibility index (Phi) is 3.92. The lowest BCUT2D eigenvalue weighted by molar-refractivity contribution is 0.465. The Bertz CT molecular complexity index is 819. The molecule has 3 aromatic rings. The molecule has 0 radical (unpaired) electrons. The summed E-state index contributed by atoms with van der Waals surface area (Å²) in [5.74, 6) is 0.298. The van der Waals surface area contributed by atoms with Crippen molar-refractivity contribution in [1.29, 1.82) is 0 Å². The molecule has 0 fully saturated rings. The monoisotopic (exact) mass is 289 g/mol. The van der Waals surface area contributed by atoms with Crippen LogP contribution in [0.4, 0.5) is 0 Å². The molecule has 0 aromatic heterocycles. The zero-order valence-electron chi connectivity index (χ0n) is 12.8. The molecular weight excluding hydrogens is 270 g/mol. The number of benzene rings is 3. The molecule has 0 aliphatic rings. The minimum atomic E-state index is -0.104. The van der Waals surface area contributed by atoms with Crippen molar-refractivity contribution in [2.75, 3.05) is 0 Å². The highest BCUT2D eigenvalue weighted by Crippen LogP contribution is 2.33. The second kappa shape index (κ2) is 6.02. The van der Waals surface area contributed by atoms with E-state index in [9.17, 15) is 5.11 Å². The Labute approximate surface area is 130 Å². The standard InChI is InChI=1S/C20H19NO/c1-14-7-9-16(10-8-14)13-21-15(2)20-18-6-4-3-5-17(18)11-12-19(20)22/h3-13,15,22H,1-2H3. The van der Waals surface area contributed by atoms with E-state index in [1.807, 2.05) is 37.4 Å². The molecule has 0 aliphatic carbocycles.